The van der Waals surface area contributed by atoms with Crippen LogP contribution in [-0.4, -0.2) is 16.2 Å². The minimum Gasteiger partial charge on any atom is -0.457 e. The molecule has 0 saturated heterocycles. The molecule has 9 aromatic rings. The monoisotopic (exact) mass is 963 g/mol. The Morgan fingerprint density at radius 1 is 0.411 bits per heavy atom. The first-order chi connectivity index (χ1) is 34.4. The van der Waals surface area contributed by atoms with E-state index < -0.39 is 0 Å². The Labute approximate surface area is 435 Å². The maximum Gasteiger partial charge on any atom is 0.137 e. The van der Waals surface area contributed by atoms with Crippen molar-refractivity contribution in [3.8, 4) is 39.6 Å². The molecule has 10 rings (SSSR count). The van der Waals surface area contributed by atoms with E-state index in [0.717, 1.165) is 45.1 Å². The lowest BCUT2D eigenvalue weighted by molar-refractivity contribution is 0.479. The Kier molecular flexibility index (Phi) is 12.1. The summed E-state index contributed by atoms with van der Waals surface area (Å²) >= 11 is 0. The summed E-state index contributed by atoms with van der Waals surface area (Å²) in [7, 11) is 0. The van der Waals surface area contributed by atoms with Crippen molar-refractivity contribution in [1.82, 2.24) is 9.55 Å². The second kappa shape index (κ2) is 17.8. The van der Waals surface area contributed by atoms with Gasteiger partial charge in [-0.1, -0.05) is 195 Å². The number of benzene rings is 7. The van der Waals surface area contributed by atoms with Crippen molar-refractivity contribution in [2.75, 3.05) is 16.5 Å². The Balaban J connectivity index is 1.18. The molecule has 73 heavy (non-hydrogen) atoms. The molecule has 7 aromatic carbocycles. The number of pyridine rings is 1. The molecule has 2 aromatic heterocycles. The van der Waals surface area contributed by atoms with Crippen LogP contribution in [0.5, 0.6) is 11.5 Å². The maximum absolute atomic E-state index is 7.12. The SMILES string of the molecule is CC(C)(C)c1cc(Oc2ccc3c4ccccc4n(-c4cc(C(C)(C)C)ccn4)c3c2)cc(N2CN(c3c(-c4ccccc4)c(C(C)(C)C)c(C(C)(C)C)c(C(C)(C)C)c3-c3ccccc3)c3ccccc32)c1. The second-order valence-corrected chi connectivity index (χ2v) is 25.4. The Morgan fingerprint density at radius 3 is 1.49 bits per heavy atom. The predicted molar refractivity (Wildman–Crippen MR) is 311 cm³/mol. The predicted octanol–water partition coefficient (Wildman–Crippen LogP) is 19.0. The highest BCUT2D eigenvalue weighted by atomic mass is 16.5. The highest BCUT2D eigenvalue weighted by Gasteiger charge is 2.42. The van der Waals surface area contributed by atoms with Crippen LogP contribution in [0.15, 0.2) is 164 Å². The lowest BCUT2D eigenvalue weighted by atomic mass is 9.64. The average Bonchev–Trinajstić information content (AvgIpc) is 3.88. The number of aromatic nitrogens is 2. The second-order valence-electron chi connectivity index (χ2n) is 25.4. The first kappa shape index (κ1) is 49.5. The van der Waals surface area contributed by atoms with Gasteiger partial charge in [0.2, 0.25) is 0 Å². The van der Waals surface area contributed by atoms with Crippen molar-refractivity contribution in [3.05, 3.63) is 192 Å². The van der Waals surface area contributed by atoms with Crippen LogP contribution in [0.25, 0.3) is 49.9 Å². The first-order valence-corrected chi connectivity index (χ1v) is 26.2. The molecule has 0 radical (unpaired) electrons. The van der Waals surface area contributed by atoms with Crippen LogP contribution in [0.3, 0.4) is 0 Å². The molecule has 5 nitrogen and oxygen atoms in total. The average molecular weight is 963 g/mol. The van der Waals surface area contributed by atoms with E-state index in [4.69, 9.17) is 9.72 Å². The molecule has 1 aliphatic heterocycles. The molecule has 0 bridgehead atoms. The number of ether oxygens (including phenoxy) is 1. The van der Waals surface area contributed by atoms with E-state index >= 15 is 0 Å². The van der Waals surface area contributed by atoms with E-state index in [1.54, 1.807) is 0 Å². The van der Waals surface area contributed by atoms with E-state index in [-0.39, 0.29) is 27.1 Å². The normalized spacial score (nSPS) is 13.6. The van der Waals surface area contributed by atoms with E-state index in [0.29, 0.717) is 6.67 Å². The van der Waals surface area contributed by atoms with Gasteiger partial charge in [-0.15, -0.1) is 0 Å². The summed E-state index contributed by atoms with van der Waals surface area (Å²) < 4.78 is 9.41. The quantitative estimate of drug-likeness (QED) is 0.159. The summed E-state index contributed by atoms with van der Waals surface area (Å²) in [6.07, 6.45) is 1.94. The molecule has 0 fully saturated rings. The van der Waals surface area contributed by atoms with Gasteiger partial charge in [0.15, 0.2) is 0 Å². The van der Waals surface area contributed by atoms with Crippen molar-refractivity contribution >= 4 is 44.6 Å². The number of fused-ring (bicyclic) bond motifs is 4. The third-order valence-corrected chi connectivity index (χ3v) is 14.7. The van der Waals surface area contributed by atoms with Gasteiger partial charge in [0, 0.05) is 45.9 Å². The number of para-hydroxylation sites is 3. The fourth-order valence-electron chi connectivity index (χ4n) is 11.3. The standard InChI is InChI=1S/C68H74N4O/c1-64(2,3)46-36-37-69-57(40-46)72-53-31-23-22-30-51(53)52-35-34-49(42-56(52)72)73-50-39-47(65(4,5)6)38-48(41-50)70-43-71(55-33-25-24-32-54(55)70)63-58(44-26-18-16-19-27-44)60(66(7,8)9)62(68(13,14)15)61(67(10,11)12)59(63)45-28-20-17-21-29-45/h16-42H,43H2,1-15H3. The third-order valence-electron chi connectivity index (χ3n) is 14.7. The van der Waals surface area contributed by atoms with Gasteiger partial charge in [-0.2, -0.15) is 0 Å². The summed E-state index contributed by atoms with van der Waals surface area (Å²) in [6.45, 7) is 35.9. The molecule has 0 atom stereocenters. The van der Waals surface area contributed by atoms with Crippen LogP contribution in [0.1, 0.15) is 132 Å². The summed E-state index contributed by atoms with van der Waals surface area (Å²) in [4.78, 5) is 10.1. The Bertz CT molecular complexity index is 3450. The molecule has 0 spiro atoms. The minimum absolute atomic E-state index is 0.0244. The highest BCUT2D eigenvalue weighted by Crippen LogP contribution is 2.58. The van der Waals surface area contributed by atoms with Crippen LogP contribution in [0, 0.1) is 0 Å². The number of rotatable bonds is 7. The number of anilines is 4. The fourth-order valence-corrected chi connectivity index (χ4v) is 11.3. The van der Waals surface area contributed by atoms with Gasteiger partial charge >= 0.3 is 0 Å². The lowest BCUT2D eigenvalue weighted by Gasteiger charge is -2.43. The zero-order valence-electron chi connectivity index (χ0n) is 46.0. The van der Waals surface area contributed by atoms with E-state index in [1.807, 2.05) is 6.20 Å². The number of hydrogen-bond acceptors (Lipinski definition) is 4. The Morgan fingerprint density at radius 2 is 0.932 bits per heavy atom. The molecule has 372 valence electrons. The van der Waals surface area contributed by atoms with Gasteiger partial charge in [-0.05, 0) is 121 Å². The molecule has 1 aliphatic rings. The van der Waals surface area contributed by atoms with Crippen molar-refractivity contribution in [2.24, 2.45) is 0 Å². The minimum atomic E-state index is -0.200. The smallest absolute Gasteiger partial charge is 0.137 e. The van der Waals surface area contributed by atoms with Gasteiger partial charge in [0.05, 0.1) is 28.1 Å². The van der Waals surface area contributed by atoms with E-state index in [2.05, 4.69) is 276 Å². The summed E-state index contributed by atoms with van der Waals surface area (Å²) in [5.74, 6) is 2.46. The molecule has 0 amide bonds. The van der Waals surface area contributed by atoms with Crippen LogP contribution >= 0.6 is 0 Å². The van der Waals surface area contributed by atoms with Gasteiger partial charge in [-0.25, -0.2) is 4.98 Å². The molecular weight excluding hydrogens is 889 g/mol. The zero-order valence-corrected chi connectivity index (χ0v) is 46.0. The molecule has 5 heteroatoms. The summed E-state index contributed by atoms with van der Waals surface area (Å²) in [5.41, 5.74) is 17.8. The topological polar surface area (TPSA) is 33.5 Å². The number of hydrogen-bond donors (Lipinski definition) is 0. The molecule has 0 N–H and O–H groups in total. The van der Waals surface area contributed by atoms with Gasteiger partial charge in [0.1, 0.15) is 24.0 Å². The zero-order chi connectivity index (χ0) is 52.0. The van der Waals surface area contributed by atoms with Crippen LogP contribution in [-0.2, 0) is 27.1 Å². The van der Waals surface area contributed by atoms with E-state index in [1.165, 1.54) is 66.8 Å². The van der Waals surface area contributed by atoms with Gasteiger partial charge in [-0.3, -0.25) is 4.57 Å². The maximum atomic E-state index is 7.12. The van der Waals surface area contributed by atoms with Crippen LogP contribution in [0.4, 0.5) is 22.7 Å². The largest absolute Gasteiger partial charge is 0.457 e. The molecule has 0 aliphatic carbocycles. The molecule has 0 saturated carbocycles. The number of nitrogens with zero attached hydrogens (tertiary/aromatic N) is 4. The third kappa shape index (κ3) is 9.11. The van der Waals surface area contributed by atoms with Crippen molar-refractivity contribution < 1.29 is 4.74 Å². The summed E-state index contributed by atoms with van der Waals surface area (Å²) in [5, 5.41) is 2.35. The van der Waals surface area contributed by atoms with Gasteiger partial charge < -0.3 is 14.5 Å². The van der Waals surface area contributed by atoms with Crippen molar-refractivity contribution in [3.63, 3.8) is 0 Å². The summed E-state index contributed by atoms with van der Waals surface area (Å²) in [6, 6.07) is 57.7. The fraction of sp³-hybridized carbons (Fsp3) is 0.309. The van der Waals surface area contributed by atoms with Gasteiger partial charge in [0.25, 0.3) is 0 Å². The molecule has 0 unspecified atom stereocenters. The Hall–Kier alpha value is -7.11. The van der Waals surface area contributed by atoms with E-state index in [9.17, 15) is 0 Å². The van der Waals surface area contributed by atoms with Crippen LogP contribution < -0.4 is 14.5 Å². The van der Waals surface area contributed by atoms with Crippen LogP contribution in [0.2, 0.25) is 0 Å². The first-order valence-electron chi connectivity index (χ1n) is 26.2. The molecule has 3 heterocycles. The molecular formula is C68H74N4O. The lowest BCUT2D eigenvalue weighted by Crippen LogP contribution is -2.32. The highest BCUT2D eigenvalue weighted by molar-refractivity contribution is 6.09. The van der Waals surface area contributed by atoms with Crippen molar-refractivity contribution in [2.45, 2.75) is 131 Å². The van der Waals surface area contributed by atoms with Crippen molar-refractivity contribution in [1.29, 1.82) is 0 Å².